The van der Waals surface area contributed by atoms with Gasteiger partial charge in [-0.3, -0.25) is 4.79 Å². The van der Waals surface area contributed by atoms with Crippen molar-refractivity contribution in [3.05, 3.63) is 55.0 Å². The van der Waals surface area contributed by atoms with E-state index in [0.29, 0.717) is 44.6 Å². The minimum absolute atomic E-state index is 0.0227. The average molecular weight is 445 g/mol. The van der Waals surface area contributed by atoms with Crippen molar-refractivity contribution in [2.45, 2.75) is 25.2 Å². The fourth-order valence-corrected chi connectivity index (χ4v) is 5.97. The molecule has 4 rings (SSSR count). The van der Waals surface area contributed by atoms with E-state index in [-0.39, 0.29) is 17.4 Å². The predicted octanol–water partition coefficient (Wildman–Crippen LogP) is 2.76. The van der Waals surface area contributed by atoms with E-state index in [1.54, 1.807) is 12.1 Å². The number of hydrogen-bond acceptors (Lipinski definition) is 4. The van der Waals surface area contributed by atoms with Gasteiger partial charge in [0, 0.05) is 33.4 Å². The molecule has 0 saturated heterocycles. The summed E-state index contributed by atoms with van der Waals surface area (Å²) in [6.45, 7) is 0. The summed E-state index contributed by atoms with van der Waals surface area (Å²) in [6, 6.07) is 4.56. The molecule has 0 spiro atoms. The molecule has 120 valence electrons. The minimum atomic E-state index is -3.40. The Balaban J connectivity index is 1.95. The van der Waals surface area contributed by atoms with Crippen LogP contribution < -0.4 is 5.32 Å². The van der Waals surface area contributed by atoms with E-state index in [4.69, 9.17) is 0 Å². The van der Waals surface area contributed by atoms with Crippen LogP contribution in [0.5, 0.6) is 0 Å². The first kappa shape index (κ1) is 15.3. The number of allylic oxidation sites excluding steroid dienone is 4. The van der Waals surface area contributed by atoms with Crippen LogP contribution in [-0.2, 0) is 14.6 Å². The van der Waals surface area contributed by atoms with Gasteiger partial charge in [-0.1, -0.05) is 6.07 Å². The number of Topliss-reactive ketones (excluding diaryl/α,β-unsaturated/α-hetero) is 1. The largest absolute Gasteiger partial charge is 0.361 e. The Hall–Kier alpha value is -1.22. The second-order valence-corrected chi connectivity index (χ2v) is 9.20. The van der Waals surface area contributed by atoms with Gasteiger partial charge in [0.25, 0.3) is 0 Å². The number of ketones is 1. The van der Waals surface area contributed by atoms with Gasteiger partial charge < -0.3 is 5.32 Å². The maximum Gasteiger partial charge on any atom is 0.177 e. The van der Waals surface area contributed by atoms with Crippen LogP contribution in [0.2, 0.25) is 0 Å². The molecule has 1 aromatic carbocycles. The zero-order chi connectivity index (χ0) is 16.4. The third-order valence-electron chi connectivity index (χ3n) is 4.61. The summed E-state index contributed by atoms with van der Waals surface area (Å²) >= 11 is 1.88. The molecule has 1 N–H and O–H groups in total. The highest BCUT2D eigenvalue weighted by atomic mass is 127. The van der Waals surface area contributed by atoms with Crippen LogP contribution in [-0.4, -0.2) is 20.0 Å². The molecule has 0 amide bonds. The topological polar surface area (TPSA) is 63.2 Å². The Bertz CT molecular complexity index is 917. The molecule has 2 aliphatic heterocycles. The molecule has 0 radical (unpaired) electrons. The molecule has 0 bridgehead atoms. The van der Waals surface area contributed by atoms with Gasteiger partial charge in [-0.25, -0.2) is 12.8 Å². The molecule has 0 saturated carbocycles. The molecule has 4 nitrogen and oxygen atoms in total. The molecule has 1 unspecified atom stereocenters. The van der Waals surface area contributed by atoms with Crippen molar-refractivity contribution in [3.8, 4) is 0 Å². The molecule has 3 aliphatic rings. The Morgan fingerprint density at radius 2 is 1.96 bits per heavy atom. The minimum Gasteiger partial charge on any atom is -0.361 e. The van der Waals surface area contributed by atoms with E-state index < -0.39 is 15.8 Å². The van der Waals surface area contributed by atoms with Gasteiger partial charge in [0.15, 0.2) is 15.6 Å². The number of benzene rings is 1. The monoisotopic (exact) mass is 445 g/mol. The van der Waals surface area contributed by atoms with Crippen LogP contribution in [0.1, 0.15) is 30.7 Å². The quantitative estimate of drug-likeness (QED) is 0.676. The van der Waals surface area contributed by atoms with E-state index in [9.17, 15) is 17.6 Å². The van der Waals surface area contributed by atoms with E-state index in [2.05, 4.69) is 5.32 Å². The van der Waals surface area contributed by atoms with Crippen molar-refractivity contribution >= 4 is 38.2 Å². The molecular formula is C16H13FINO3S. The highest BCUT2D eigenvalue weighted by Gasteiger charge is 2.45. The number of carbonyl (C=O) groups is 1. The molecule has 2 heterocycles. The second-order valence-electron chi connectivity index (χ2n) is 5.96. The maximum absolute atomic E-state index is 13.6. The van der Waals surface area contributed by atoms with Crippen LogP contribution in [0.3, 0.4) is 0 Å². The predicted molar refractivity (Wildman–Crippen MR) is 91.7 cm³/mol. The van der Waals surface area contributed by atoms with Crippen molar-refractivity contribution in [2.75, 3.05) is 5.75 Å². The number of halogens is 2. The molecular weight excluding hydrogens is 432 g/mol. The lowest BCUT2D eigenvalue weighted by Crippen LogP contribution is -2.26. The Labute approximate surface area is 146 Å². The lowest BCUT2D eigenvalue weighted by molar-refractivity contribution is -0.115. The second kappa shape index (κ2) is 5.14. The molecule has 1 aromatic rings. The molecule has 0 aromatic heterocycles. The van der Waals surface area contributed by atoms with Gasteiger partial charge in [0.05, 0.1) is 16.6 Å². The van der Waals surface area contributed by atoms with Crippen molar-refractivity contribution in [2.24, 2.45) is 0 Å². The van der Waals surface area contributed by atoms with Crippen LogP contribution in [0.25, 0.3) is 0 Å². The first-order valence-corrected chi connectivity index (χ1v) is 10.1. The average Bonchev–Trinajstić information content (AvgIpc) is 3.01. The number of dihydropyridines is 1. The first-order valence-electron chi connectivity index (χ1n) is 7.32. The lowest BCUT2D eigenvalue weighted by atomic mass is 9.86. The fourth-order valence-electron chi connectivity index (χ4n) is 3.60. The van der Waals surface area contributed by atoms with Gasteiger partial charge in [-0.05, 0) is 46.7 Å². The summed E-state index contributed by atoms with van der Waals surface area (Å²) in [6.07, 6.45) is 1.45. The van der Waals surface area contributed by atoms with Crippen molar-refractivity contribution in [3.63, 3.8) is 0 Å². The van der Waals surface area contributed by atoms with Crippen LogP contribution in [0.4, 0.5) is 4.39 Å². The summed E-state index contributed by atoms with van der Waals surface area (Å²) in [5.74, 6) is -0.907. The third-order valence-corrected chi connectivity index (χ3v) is 7.33. The number of rotatable bonds is 1. The number of nitrogens with one attached hydrogen (secondary N) is 1. The standard InChI is InChI=1S/C16H13FINO3S/c17-9-2-1-8(7-10(9)18)14-15-11(3-4-13(15)20)19-12-5-6-23(21,22)16(12)14/h1-2,7,14,19H,3-6H2. The summed E-state index contributed by atoms with van der Waals surface area (Å²) in [5, 5.41) is 3.17. The number of hydrogen-bond donors (Lipinski definition) is 1. The van der Waals surface area contributed by atoms with E-state index in [1.165, 1.54) is 6.07 Å². The highest BCUT2D eigenvalue weighted by molar-refractivity contribution is 14.1. The van der Waals surface area contributed by atoms with E-state index in [0.717, 1.165) is 5.70 Å². The molecule has 23 heavy (non-hydrogen) atoms. The maximum atomic E-state index is 13.6. The highest BCUT2D eigenvalue weighted by Crippen LogP contribution is 2.48. The van der Waals surface area contributed by atoms with Crippen molar-refractivity contribution in [1.82, 2.24) is 5.32 Å². The van der Waals surface area contributed by atoms with Crippen LogP contribution in [0.15, 0.2) is 40.1 Å². The molecule has 1 atom stereocenters. The summed E-state index contributed by atoms with van der Waals surface area (Å²) in [4.78, 5) is 12.7. The lowest BCUT2D eigenvalue weighted by Gasteiger charge is -2.27. The van der Waals surface area contributed by atoms with Gasteiger partial charge in [-0.15, -0.1) is 0 Å². The van der Waals surface area contributed by atoms with Crippen LogP contribution in [0, 0.1) is 9.39 Å². The molecule has 7 heteroatoms. The number of sulfone groups is 1. The fraction of sp³-hybridized carbons (Fsp3) is 0.312. The van der Waals surface area contributed by atoms with Gasteiger partial charge in [0.1, 0.15) is 5.82 Å². The zero-order valence-electron chi connectivity index (χ0n) is 12.0. The van der Waals surface area contributed by atoms with Gasteiger partial charge >= 0.3 is 0 Å². The van der Waals surface area contributed by atoms with Gasteiger partial charge in [-0.2, -0.15) is 0 Å². The van der Waals surface area contributed by atoms with Crippen molar-refractivity contribution < 1.29 is 17.6 Å². The summed E-state index contributed by atoms with van der Waals surface area (Å²) < 4.78 is 39.1. The molecule has 0 fully saturated rings. The zero-order valence-corrected chi connectivity index (χ0v) is 15.0. The third kappa shape index (κ3) is 2.27. The first-order chi connectivity index (χ1) is 10.9. The van der Waals surface area contributed by atoms with E-state index >= 15 is 0 Å². The summed E-state index contributed by atoms with van der Waals surface area (Å²) in [5.41, 5.74) is 2.73. The van der Waals surface area contributed by atoms with E-state index in [1.807, 2.05) is 22.6 Å². The molecule has 1 aliphatic carbocycles. The van der Waals surface area contributed by atoms with Crippen LogP contribution >= 0.6 is 22.6 Å². The normalized spacial score (nSPS) is 25.5. The Morgan fingerprint density at radius 3 is 2.70 bits per heavy atom. The van der Waals surface area contributed by atoms with Crippen molar-refractivity contribution in [1.29, 1.82) is 0 Å². The smallest absolute Gasteiger partial charge is 0.177 e. The SMILES string of the molecule is O=C1CCC2=C1C(c1ccc(F)c(I)c1)C1=C(CCS1(=O)=O)N2. The Morgan fingerprint density at radius 1 is 1.17 bits per heavy atom. The summed E-state index contributed by atoms with van der Waals surface area (Å²) in [7, 11) is -3.40. The Kier molecular flexibility index (Phi) is 3.42. The number of carbonyl (C=O) groups excluding carboxylic acids is 1. The van der Waals surface area contributed by atoms with Gasteiger partial charge in [0.2, 0.25) is 0 Å².